The summed E-state index contributed by atoms with van der Waals surface area (Å²) in [6, 6.07) is 7.30. The number of aromatic nitrogens is 2. The van der Waals surface area contributed by atoms with E-state index < -0.39 is 10.8 Å². The minimum atomic E-state index is -0.513. The van der Waals surface area contributed by atoms with Crippen LogP contribution in [0, 0.1) is 21.4 Å². The van der Waals surface area contributed by atoms with Crippen molar-refractivity contribution in [3.05, 3.63) is 46.1 Å². The predicted molar refractivity (Wildman–Crippen MR) is 60.5 cm³/mol. The van der Waals surface area contributed by atoms with E-state index >= 15 is 0 Å². The van der Waals surface area contributed by atoms with E-state index in [1.165, 1.54) is 30.5 Å². The summed E-state index contributed by atoms with van der Waals surface area (Å²) in [6.07, 6.45) is 1.19. The maximum atomic E-state index is 10.5. The molecule has 0 bridgehead atoms. The van der Waals surface area contributed by atoms with Crippen molar-refractivity contribution >= 4 is 5.69 Å². The lowest BCUT2D eigenvalue weighted by Gasteiger charge is -2.01. The van der Waals surface area contributed by atoms with Crippen LogP contribution in [-0.4, -0.2) is 20.0 Å². The zero-order chi connectivity index (χ0) is 13.1. The number of non-ortho nitro benzene ring substituents is 1. The predicted octanol–water partition coefficient (Wildman–Crippen LogP) is 1.63. The standard InChI is InChI=1S/C11H6N4O3/c12-5-8-6-13-10(14-11(8)16)7-1-3-9(4-2-7)15(17)18/h1-4,6H,(H,13,14,16). The van der Waals surface area contributed by atoms with Gasteiger partial charge in [-0.05, 0) is 12.1 Å². The summed E-state index contributed by atoms with van der Waals surface area (Å²) in [6.45, 7) is 0. The maximum Gasteiger partial charge on any atom is 0.269 e. The molecule has 0 amide bonds. The van der Waals surface area contributed by atoms with Crippen LogP contribution in [0.5, 0.6) is 5.88 Å². The second-order valence-corrected chi connectivity index (χ2v) is 3.35. The Kier molecular flexibility index (Phi) is 2.85. The molecule has 1 N–H and O–H groups in total. The largest absolute Gasteiger partial charge is 0.492 e. The third kappa shape index (κ3) is 2.08. The average Bonchev–Trinajstić information content (AvgIpc) is 2.38. The van der Waals surface area contributed by atoms with Crippen molar-refractivity contribution in [2.24, 2.45) is 0 Å². The monoisotopic (exact) mass is 242 g/mol. The van der Waals surface area contributed by atoms with Gasteiger partial charge in [-0.25, -0.2) is 4.98 Å². The molecule has 0 fully saturated rings. The van der Waals surface area contributed by atoms with Gasteiger partial charge in [0, 0.05) is 17.7 Å². The van der Waals surface area contributed by atoms with Crippen LogP contribution in [0.2, 0.25) is 0 Å². The van der Waals surface area contributed by atoms with Gasteiger partial charge >= 0.3 is 0 Å². The first-order valence-corrected chi connectivity index (χ1v) is 4.83. The molecule has 1 heterocycles. The number of nitro groups is 1. The van der Waals surface area contributed by atoms with E-state index in [0.29, 0.717) is 5.56 Å². The number of aromatic hydroxyl groups is 1. The van der Waals surface area contributed by atoms with Gasteiger partial charge in [0.15, 0.2) is 5.82 Å². The Morgan fingerprint density at radius 1 is 1.33 bits per heavy atom. The van der Waals surface area contributed by atoms with Crippen LogP contribution >= 0.6 is 0 Å². The molecule has 0 spiro atoms. The highest BCUT2D eigenvalue weighted by Gasteiger charge is 2.09. The summed E-state index contributed by atoms with van der Waals surface area (Å²) in [5.41, 5.74) is 0.442. The summed E-state index contributed by atoms with van der Waals surface area (Å²) < 4.78 is 0. The molecule has 1 aromatic carbocycles. The van der Waals surface area contributed by atoms with E-state index in [2.05, 4.69) is 9.97 Å². The normalized spacial score (nSPS) is 9.72. The molecule has 0 saturated carbocycles. The van der Waals surface area contributed by atoms with Gasteiger partial charge < -0.3 is 5.11 Å². The van der Waals surface area contributed by atoms with Gasteiger partial charge in [-0.3, -0.25) is 10.1 Å². The number of nitriles is 1. The Morgan fingerprint density at radius 3 is 2.50 bits per heavy atom. The van der Waals surface area contributed by atoms with Crippen molar-refractivity contribution < 1.29 is 10.0 Å². The highest BCUT2D eigenvalue weighted by atomic mass is 16.6. The zero-order valence-electron chi connectivity index (χ0n) is 8.94. The van der Waals surface area contributed by atoms with E-state index in [1.54, 1.807) is 6.07 Å². The molecule has 2 aromatic rings. The fourth-order valence-electron chi connectivity index (χ4n) is 1.32. The van der Waals surface area contributed by atoms with Crippen molar-refractivity contribution in [2.75, 3.05) is 0 Å². The van der Waals surface area contributed by atoms with Gasteiger partial charge in [0.05, 0.1) is 11.1 Å². The molecule has 0 saturated heterocycles. The van der Waals surface area contributed by atoms with Crippen LogP contribution in [-0.2, 0) is 0 Å². The highest BCUT2D eigenvalue weighted by molar-refractivity contribution is 5.58. The van der Waals surface area contributed by atoms with Crippen LogP contribution in [0.25, 0.3) is 11.4 Å². The van der Waals surface area contributed by atoms with Crippen molar-refractivity contribution in [2.45, 2.75) is 0 Å². The summed E-state index contributed by atoms with van der Waals surface area (Å²) in [7, 11) is 0. The molecule has 0 unspecified atom stereocenters. The number of nitrogens with zero attached hydrogens (tertiary/aromatic N) is 4. The summed E-state index contributed by atoms with van der Waals surface area (Å²) in [5.74, 6) is -0.220. The molecule has 0 aliphatic heterocycles. The second-order valence-electron chi connectivity index (χ2n) is 3.35. The molecule has 0 radical (unpaired) electrons. The van der Waals surface area contributed by atoms with Crippen molar-refractivity contribution in [3.63, 3.8) is 0 Å². The van der Waals surface area contributed by atoms with Gasteiger partial charge in [-0.15, -0.1) is 0 Å². The molecule has 7 nitrogen and oxygen atoms in total. The number of nitro benzene ring substituents is 1. The molecule has 0 aliphatic rings. The Labute approximate surface area is 101 Å². The smallest absolute Gasteiger partial charge is 0.269 e. The van der Waals surface area contributed by atoms with Gasteiger partial charge in [0.1, 0.15) is 11.6 Å². The summed E-state index contributed by atoms with van der Waals surface area (Å²) >= 11 is 0. The Bertz CT molecular complexity index is 646. The minimum absolute atomic E-state index is 0.0272. The summed E-state index contributed by atoms with van der Waals surface area (Å²) in [5, 5.41) is 28.5. The fraction of sp³-hybridized carbons (Fsp3) is 0. The fourth-order valence-corrected chi connectivity index (χ4v) is 1.32. The second kappa shape index (κ2) is 4.47. The number of hydrogen-bond acceptors (Lipinski definition) is 6. The Balaban J connectivity index is 2.40. The van der Waals surface area contributed by atoms with E-state index in [-0.39, 0.29) is 17.1 Å². The maximum absolute atomic E-state index is 10.5. The lowest BCUT2D eigenvalue weighted by Crippen LogP contribution is -1.92. The first-order valence-electron chi connectivity index (χ1n) is 4.83. The third-order valence-electron chi connectivity index (χ3n) is 2.23. The van der Waals surface area contributed by atoms with E-state index in [4.69, 9.17) is 5.26 Å². The van der Waals surface area contributed by atoms with E-state index in [1.807, 2.05) is 0 Å². The number of benzene rings is 1. The molecule has 0 aliphatic carbocycles. The topological polar surface area (TPSA) is 113 Å². The highest BCUT2D eigenvalue weighted by Crippen LogP contribution is 2.21. The molecule has 18 heavy (non-hydrogen) atoms. The number of hydrogen-bond donors (Lipinski definition) is 1. The Morgan fingerprint density at radius 2 is 2.00 bits per heavy atom. The van der Waals surface area contributed by atoms with Crippen molar-refractivity contribution in [1.29, 1.82) is 5.26 Å². The van der Waals surface area contributed by atoms with Crippen LogP contribution in [0.1, 0.15) is 5.56 Å². The summed E-state index contributed by atoms with van der Waals surface area (Å²) in [4.78, 5) is 17.6. The Hall–Kier alpha value is -3.01. The minimum Gasteiger partial charge on any atom is -0.492 e. The lowest BCUT2D eigenvalue weighted by molar-refractivity contribution is -0.384. The average molecular weight is 242 g/mol. The van der Waals surface area contributed by atoms with Gasteiger partial charge in [-0.2, -0.15) is 10.2 Å². The van der Waals surface area contributed by atoms with Crippen LogP contribution in [0.4, 0.5) is 5.69 Å². The van der Waals surface area contributed by atoms with Crippen LogP contribution in [0.15, 0.2) is 30.5 Å². The molecule has 88 valence electrons. The molecule has 7 heteroatoms. The zero-order valence-corrected chi connectivity index (χ0v) is 8.94. The molecule has 1 aromatic heterocycles. The van der Waals surface area contributed by atoms with Crippen LogP contribution in [0.3, 0.4) is 0 Å². The van der Waals surface area contributed by atoms with Crippen molar-refractivity contribution in [3.8, 4) is 23.3 Å². The molecular weight excluding hydrogens is 236 g/mol. The van der Waals surface area contributed by atoms with Gasteiger partial charge in [-0.1, -0.05) is 0 Å². The van der Waals surface area contributed by atoms with E-state index in [9.17, 15) is 15.2 Å². The first-order chi connectivity index (χ1) is 8.61. The quantitative estimate of drug-likeness (QED) is 0.632. The van der Waals surface area contributed by atoms with Gasteiger partial charge in [0.25, 0.3) is 5.69 Å². The molecule has 0 atom stereocenters. The molecule has 2 rings (SSSR count). The number of rotatable bonds is 2. The molecular formula is C11H6N4O3. The first kappa shape index (κ1) is 11.5. The van der Waals surface area contributed by atoms with E-state index in [0.717, 1.165) is 0 Å². The third-order valence-corrected chi connectivity index (χ3v) is 2.23. The van der Waals surface area contributed by atoms with Gasteiger partial charge in [0.2, 0.25) is 5.88 Å². The van der Waals surface area contributed by atoms with Crippen LogP contribution < -0.4 is 0 Å². The lowest BCUT2D eigenvalue weighted by atomic mass is 10.2. The SMILES string of the molecule is N#Cc1cnc(-c2ccc([N+](=O)[O-])cc2)nc1O. The van der Waals surface area contributed by atoms with Crippen molar-refractivity contribution in [1.82, 2.24) is 9.97 Å².